The number of alkyl halides is 2. The lowest BCUT2D eigenvalue weighted by atomic mass is 10.1. The van der Waals surface area contributed by atoms with E-state index < -0.39 is 5.92 Å². The van der Waals surface area contributed by atoms with Crippen molar-refractivity contribution in [2.45, 2.75) is 44.4 Å². The molecule has 1 heterocycles. The number of piperidine rings is 1. The third kappa shape index (κ3) is 5.42. The number of rotatable bonds is 6. The Hall–Kier alpha value is -0.220. The monoisotopic (exact) mass is 220 g/mol. The first kappa shape index (κ1) is 12.8. The van der Waals surface area contributed by atoms with Crippen molar-refractivity contribution in [2.24, 2.45) is 5.73 Å². The van der Waals surface area contributed by atoms with Crippen LogP contribution in [0.15, 0.2) is 0 Å². The van der Waals surface area contributed by atoms with Crippen LogP contribution in [0.25, 0.3) is 0 Å². The molecule has 0 bridgehead atoms. The molecule has 0 atom stereocenters. The molecular weight excluding hydrogens is 198 g/mol. The van der Waals surface area contributed by atoms with E-state index in [0.29, 0.717) is 13.1 Å². The summed E-state index contributed by atoms with van der Waals surface area (Å²) in [5.74, 6) is -2.41. The average Bonchev–Trinajstić information content (AvgIpc) is 2.20. The Bertz CT molecular complexity index is 164. The molecule has 0 unspecified atom stereocenters. The second-order valence-corrected chi connectivity index (χ2v) is 4.40. The Morgan fingerprint density at radius 2 is 1.60 bits per heavy atom. The highest BCUT2D eigenvalue weighted by atomic mass is 19.3. The van der Waals surface area contributed by atoms with E-state index in [-0.39, 0.29) is 12.8 Å². The molecule has 0 radical (unpaired) electrons. The van der Waals surface area contributed by atoms with Gasteiger partial charge in [0.25, 0.3) is 5.92 Å². The molecule has 2 nitrogen and oxygen atoms in total. The summed E-state index contributed by atoms with van der Waals surface area (Å²) in [6.45, 7) is 2.85. The van der Waals surface area contributed by atoms with Crippen molar-refractivity contribution in [3.8, 4) is 0 Å². The topological polar surface area (TPSA) is 29.3 Å². The van der Waals surface area contributed by atoms with E-state index in [0.717, 1.165) is 25.9 Å². The van der Waals surface area contributed by atoms with Crippen molar-refractivity contribution in [2.75, 3.05) is 26.2 Å². The third-order valence-electron chi connectivity index (χ3n) is 3.02. The van der Waals surface area contributed by atoms with Gasteiger partial charge in [-0.25, -0.2) is 8.78 Å². The van der Waals surface area contributed by atoms with Crippen LogP contribution in [-0.4, -0.2) is 37.0 Å². The molecule has 1 aliphatic rings. The lowest BCUT2D eigenvalue weighted by molar-refractivity contribution is -0.0552. The summed E-state index contributed by atoms with van der Waals surface area (Å²) >= 11 is 0. The van der Waals surface area contributed by atoms with E-state index in [1.54, 1.807) is 0 Å². The Balaban J connectivity index is 1.99. The molecule has 0 amide bonds. The SMILES string of the molecule is NCCCCCCN1CCC(F)(F)CC1. The molecule has 90 valence electrons. The van der Waals surface area contributed by atoms with Gasteiger partial charge in [-0.05, 0) is 25.9 Å². The Morgan fingerprint density at radius 3 is 2.20 bits per heavy atom. The fourth-order valence-corrected chi connectivity index (χ4v) is 1.94. The van der Waals surface area contributed by atoms with Crippen LogP contribution in [0.1, 0.15) is 38.5 Å². The summed E-state index contributed by atoms with van der Waals surface area (Å²) in [6.07, 6.45) is 4.61. The lowest BCUT2D eigenvalue weighted by Crippen LogP contribution is -2.39. The van der Waals surface area contributed by atoms with Gasteiger partial charge in [0.1, 0.15) is 0 Å². The largest absolute Gasteiger partial charge is 0.330 e. The van der Waals surface area contributed by atoms with E-state index in [2.05, 4.69) is 4.90 Å². The fraction of sp³-hybridized carbons (Fsp3) is 1.00. The molecule has 15 heavy (non-hydrogen) atoms. The summed E-state index contributed by atoms with van der Waals surface area (Å²) in [5.41, 5.74) is 5.39. The van der Waals surface area contributed by atoms with Gasteiger partial charge in [0.2, 0.25) is 0 Å². The molecule has 2 N–H and O–H groups in total. The fourth-order valence-electron chi connectivity index (χ4n) is 1.94. The standard InChI is InChI=1S/C11H22F2N2/c12-11(13)5-9-15(10-6-11)8-4-2-1-3-7-14/h1-10,14H2. The molecule has 0 saturated carbocycles. The number of likely N-dealkylation sites (tertiary alicyclic amines) is 1. The molecule has 0 aromatic rings. The van der Waals surface area contributed by atoms with Crippen molar-refractivity contribution >= 4 is 0 Å². The molecule has 1 fully saturated rings. The molecule has 4 heteroatoms. The zero-order chi connectivity index (χ0) is 11.1. The minimum Gasteiger partial charge on any atom is -0.330 e. The quantitative estimate of drug-likeness (QED) is 0.696. The van der Waals surface area contributed by atoms with Gasteiger partial charge in [0, 0.05) is 25.9 Å². The van der Waals surface area contributed by atoms with Crippen molar-refractivity contribution in [3.63, 3.8) is 0 Å². The van der Waals surface area contributed by atoms with Crippen molar-refractivity contribution in [1.29, 1.82) is 0 Å². The minimum absolute atomic E-state index is 0.0375. The Kier molecular flexibility index (Phi) is 5.47. The summed E-state index contributed by atoms with van der Waals surface area (Å²) in [7, 11) is 0. The van der Waals surface area contributed by atoms with Crippen molar-refractivity contribution < 1.29 is 8.78 Å². The highest BCUT2D eigenvalue weighted by molar-refractivity contribution is 4.77. The predicted octanol–water partition coefficient (Wildman–Crippen LogP) is 2.24. The van der Waals surface area contributed by atoms with Gasteiger partial charge in [-0.2, -0.15) is 0 Å². The van der Waals surface area contributed by atoms with Crippen LogP contribution in [0, 0.1) is 0 Å². The van der Waals surface area contributed by atoms with E-state index in [1.165, 1.54) is 12.8 Å². The van der Waals surface area contributed by atoms with Gasteiger partial charge in [-0.15, -0.1) is 0 Å². The predicted molar refractivity (Wildman–Crippen MR) is 58.1 cm³/mol. The molecule has 0 aromatic heterocycles. The van der Waals surface area contributed by atoms with Crippen LogP contribution < -0.4 is 5.73 Å². The maximum Gasteiger partial charge on any atom is 0.250 e. The molecular formula is C11H22F2N2. The smallest absolute Gasteiger partial charge is 0.250 e. The van der Waals surface area contributed by atoms with Gasteiger partial charge >= 0.3 is 0 Å². The third-order valence-corrected chi connectivity index (χ3v) is 3.02. The maximum atomic E-state index is 12.8. The molecule has 0 spiro atoms. The first-order valence-corrected chi connectivity index (χ1v) is 5.94. The second kappa shape index (κ2) is 6.38. The van der Waals surface area contributed by atoms with Crippen LogP contribution >= 0.6 is 0 Å². The molecule has 1 saturated heterocycles. The lowest BCUT2D eigenvalue weighted by Gasteiger charge is -2.31. The highest BCUT2D eigenvalue weighted by Crippen LogP contribution is 2.27. The van der Waals surface area contributed by atoms with Crippen LogP contribution in [0.5, 0.6) is 0 Å². The second-order valence-electron chi connectivity index (χ2n) is 4.40. The highest BCUT2D eigenvalue weighted by Gasteiger charge is 2.33. The first-order valence-electron chi connectivity index (χ1n) is 5.94. The normalized spacial score (nSPS) is 21.8. The molecule has 0 aliphatic carbocycles. The van der Waals surface area contributed by atoms with Gasteiger partial charge in [-0.3, -0.25) is 0 Å². The number of hydrogen-bond donors (Lipinski definition) is 1. The summed E-state index contributed by atoms with van der Waals surface area (Å²) in [4.78, 5) is 2.15. The van der Waals surface area contributed by atoms with Crippen LogP contribution in [0.2, 0.25) is 0 Å². The molecule has 1 aliphatic heterocycles. The van der Waals surface area contributed by atoms with Gasteiger partial charge in [0.05, 0.1) is 0 Å². The van der Waals surface area contributed by atoms with Crippen LogP contribution in [-0.2, 0) is 0 Å². The maximum absolute atomic E-state index is 12.8. The number of hydrogen-bond acceptors (Lipinski definition) is 2. The zero-order valence-corrected chi connectivity index (χ0v) is 9.35. The number of nitrogens with two attached hydrogens (primary N) is 1. The van der Waals surface area contributed by atoms with E-state index >= 15 is 0 Å². The Morgan fingerprint density at radius 1 is 1.00 bits per heavy atom. The molecule has 0 aromatic carbocycles. The summed E-state index contributed by atoms with van der Waals surface area (Å²) < 4.78 is 25.7. The van der Waals surface area contributed by atoms with Gasteiger partial charge < -0.3 is 10.6 Å². The van der Waals surface area contributed by atoms with Gasteiger partial charge in [-0.1, -0.05) is 12.8 Å². The summed E-state index contributed by atoms with van der Waals surface area (Å²) in [6, 6.07) is 0. The minimum atomic E-state index is -2.41. The first-order chi connectivity index (χ1) is 7.14. The molecule has 1 rings (SSSR count). The van der Waals surface area contributed by atoms with E-state index in [4.69, 9.17) is 5.73 Å². The number of nitrogens with zero attached hydrogens (tertiary/aromatic N) is 1. The average molecular weight is 220 g/mol. The van der Waals surface area contributed by atoms with Crippen LogP contribution in [0.3, 0.4) is 0 Å². The van der Waals surface area contributed by atoms with E-state index in [1.807, 2.05) is 0 Å². The number of unbranched alkanes of at least 4 members (excludes halogenated alkanes) is 3. The Labute approximate surface area is 90.8 Å². The van der Waals surface area contributed by atoms with Crippen molar-refractivity contribution in [1.82, 2.24) is 4.90 Å². The van der Waals surface area contributed by atoms with Gasteiger partial charge in [0.15, 0.2) is 0 Å². The van der Waals surface area contributed by atoms with Crippen LogP contribution in [0.4, 0.5) is 8.78 Å². The van der Waals surface area contributed by atoms with Crippen molar-refractivity contribution in [3.05, 3.63) is 0 Å². The summed E-state index contributed by atoms with van der Waals surface area (Å²) in [5, 5.41) is 0. The van der Waals surface area contributed by atoms with E-state index in [9.17, 15) is 8.78 Å². The zero-order valence-electron chi connectivity index (χ0n) is 9.35. The number of halogens is 2.